The number of aliphatic hydroxyl groups is 1. The maximum Gasteiger partial charge on any atom is 0.335 e. The minimum Gasteiger partial charge on any atom is -0.467 e. The lowest BCUT2D eigenvalue weighted by molar-refractivity contribution is -0.142. The van der Waals surface area contributed by atoms with Gasteiger partial charge in [-0.2, -0.15) is 0 Å². The van der Waals surface area contributed by atoms with Gasteiger partial charge in [-0.25, -0.2) is 4.79 Å². The predicted molar refractivity (Wildman–Crippen MR) is 174 cm³/mol. The van der Waals surface area contributed by atoms with Crippen molar-refractivity contribution >= 4 is 23.2 Å². The largest absolute Gasteiger partial charge is 0.467 e. The zero-order valence-corrected chi connectivity index (χ0v) is 26.0. The number of hydrogen-bond acceptors (Lipinski definition) is 5. The van der Waals surface area contributed by atoms with Gasteiger partial charge in [0.1, 0.15) is 0 Å². The molecule has 1 atom stereocenters. The van der Waals surface area contributed by atoms with Crippen LogP contribution < -0.4 is 0 Å². The molecule has 0 amide bonds. The van der Waals surface area contributed by atoms with Gasteiger partial charge in [-0.05, 0) is 108 Å². The van der Waals surface area contributed by atoms with E-state index in [1.165, 1.54) is 64.3 Å². The van der Waals surface area contributed by atoms with Crippen LogP contribution in [0.25, 0.3) is 21.9 Å². The first-order valence-corrected chi connectivity index (χ1v) is 16.1. The number of fused-ring (bicyclic) bond motifs is 1. The molecule has 0 spiro atoms. The summed E-state index contributed by atoms with van der Waals surface area (Å²) in [6.45, 7) is 8.41. The van der Waals surface area contributed by atoms with E-state index in [4.69, 9.17) is 14.6 Å². The quantitative estimate of drug-likeness (QED) is 0.0793. The number of ether oxygens (including phenoxy) is 2. The van der Waals surface area contributed by atoms with Crippen molar-refractivity contribution in [2.45, 2.75) is 84.0 Å². The monoisotopic (exact) mass is 584 g/mol. The Morgan fingerprint density at radius 2 is 1.65 bits per heavy atom. The number of aryl methyl sites for hydroxylation is 2. The van der Waals surface area contributed by atoms with Crippen LogP contribution in [0, 0.1) is 11.8 Å². The van der Waals surface area contributed by atoms with Crippen LogP contribution in [-0.2, 0) is 31.9 Å². The fraction of sp³-hybridized carbons (Fsp3) is 0.474. The lowest BCUT2D eigenvalue weighted by Gasteiger charge is -2.31. The Morgan fingerprint density at radius 3 is 2.37 bits per heavy atom. The molecule has 5 nitrogen and oxygen atoms in total. The highest BCUT2D eigenvalue weighted by atomic mass is 16.5. The molecule has 0 heterocycles. The van der Waals surface area contributed by atoms with Gasteiger partial charge in [-0.15, -0.1) is 0 Å². The Balaban J connectivity index is 1.36. The second-order valence-electron chi connectivity index (χ2n) is 12.2. The molecule has 3 aromatic carbocycles. The third-order valence-electron chi connectivity index (χ3n) is 9.15. The molecular formula is C38H48O5. The molecule has 4 rings (SSSR count). The molecule has 1 N–H and O–H groups in total. The van der Waals surface area contributed by atoms with E-state index in [0.29, 0.717) is 18.3 Å². The molecular weight excluding hydrogens is 536 g/mol. The van der Waals surface area contributed by atoms with Gasteiger partial charge in [-0.1, -0.05) is 81.8 Å². The number of rotatable bonds is 16. The second-order valence-corrected chi connectivity index (χ2v) is 12.2. The van der Waals surface area contributed by atoms with Gasteiger partial charge in [0.25, 0.3) is 6.47 Å². The lowest BCUT2D eigenvalue weighted by Crippen LogP contribution is -2.24. The Kier molecular flexibility index (Phi) is 12.4. The van der Waals surface area contributed by atoms with Gasteiger partial charge >= 0.3 is 5.97 Å². The van der Waals surface area contributed by atoms with Crippen LogP contribution in [0.4, 0.5) is 0 Å². The molecule has 0 radical (unpaired) electrons. The number of hydrogen-bond donors (Lipinski definition) is 1. The van der Waals surface area contributed by atoms with E-state index in [-0.39, 0.29) is 24.7 Å². The average Bonchev–Trinajstić information content (AvgIpc) is 3.05. The first-order chi connectivity index (χ1) is 20.9. The van der Waals surface area contributed by atoms with E-state index >= 15 is 0 Å². The minimum absolute atomic E-state index is 0.0274. The maximum absolute atomic E-state index is 11.9. The fourth-order valence-corrected chi connectivity index (χ4v) is 6.56. The Labute approximate surface area is 257 Å². The Morgan fingerprint density at radius 1 is 0.930 bits per heavy atom. The third kappa shape index (κ3) is 9.03. The van der Waals surface area contributed by atoms with Gasteiger partial charge in [0.2, 0.25) is 0 Å². The van der Waals surface area contributed by atoms with Crippen molar-refractivity contribution in [3.8, 4) is 11.1 Å². The lowest BCUT2D eigenvalue weighted by atomic mass is 9.75. The fourth-order valence-electron chi connectivity index (χ4n) is 6.56. The summed E-state index contributed by atoms with van der Waals surface area (Å²) in [6, 6.07) is 20.8. The number of esters is 1. The molecule has 43 heavy (non-hydrogen) atoms. The summed E-state index contributed by atoms with van der Waals surface area (Å²) in [5.74, 6) is 0.350. The van der Waals surface area contributed by atoms with E-state index in [1.54, 1.807) is 0 Å². The highest BCUT2D eigenvalue weighted by Crippen LogP contribution is 2.39. The standard InChI is InChI=1S/C38H48O5/c1-4-6-7-8-31-13-14-34(20-30(31)5-2)36-18-17-35-21-33(15-16-37(35)22-36)32-11-9-28(10-12-32)19-29(24-42-26-40)25-43-38(41)27(3)23-39/h13-18,20-22,26,28-29,32,39H,3-12,19,23-25H2,1-2H3. The van der Waals surface area contributed by atoms with Crippen molar-refractivity contribution in [2.24, 2.45) is 11.8 Å². The van der Waals surface area contributed by atoms with Crippen LogP contribution >= 0.6 is 0 Å². The summed E-state index contributed by atoms with van der Waals surface area (Å²) < 4.78 is 10.3. The van der Waals surface area contributed by atoms with Crippen LogP contribution in [0.5, 0.6) is 0 Å². The van der Waals surface area contributed by atoms with Crippen molar-refractivity contribution in [1.29, 1.82) is 0 Å². The smallest absolute Gasteiger partial charge is 0.335 e. The molecule has 1 aliphatic carbocycles. The molecule has 0 saturated heterocycles. The molecule has 0 aromatic heterocycles. The highest BCUT2D eigenvalue weighted by Gasteiger charge is 2.26. The van der Waals surface area contributed by atoms with Gasteiger partial charge in [0.05, 0.1) is 25.4 Å². The van der Waals surface area contributed by atoms with E-state index in [2.05, 4.69) is 75.0 Å². The van der Waals surface area contributed by atoms with E-state index < -0.39 is 12.6 Å². The van der Waals surface area contributed by atoms with Crippen LogP contribution in [-0.4, -0.2) is 37.4 Å². The molecule has 0 aliphatic heterocycles. The van der Waals surface area contributed by atoms with Crippen molar-refractivity contribution in [3.63, 3.8) is 0 Å². The molecule has 3 aromatic rings. The Hall–Kier alpha value is -3.44. The summed E-state index contributed by atoms with van der Waals surface area (Å²) in [5, 5.41) is 11.7. The zero-order valence-electron chi connectivity index (χ0n) is 26.0. The molecule has 1 aliphatic rings. The zero-order chi connectivity index (χ0) is 30.6. The van der Waals surface area contributed by atoms with Gasteiger partial charge < -0.3 is 14.6 Å². The topological polar surface area (TPSA) is 72.8 Å². The summed E-state index contributed by atoms with van der Waals surface area (Å²) in [5.41, 5.74) is 6.97. The van der Waals surface area contributed by atoms with Gasteiger partial charge in [-0.3, -0.25) is 4.79 Å². The van der Waals surface area contributed by atoms with Crippen molar-refractivity contribution in [3.05, 3.63) is 83.4 Å². The average molecular weight is 585 g/mol. The maximum atomic E-state index is 11.9. The summed E-state index contributed by atoms with van der Waals surface area (Å²) >= 11 is 0. The van der Waals surface area contributed by atoms with Crippen LogP contribution in [0.3, 0.4) is 0 Å². The number of carbonyl (C=O) groups is 2. The first kappa shape index (κ1) is 32.5. The summed E-state index contributed by atoms with van der Waals surface area (Å²) in [4.78, 5) is 22.7. The number of benzene rings is 3. The normalized spacial score (nSPS) is 17.4. The van der Waals surface area contributed by atoms with Crippen molar-refractivity contribution < 1.29 is 24.2 Å². The van der Waals surface area contributed by atoms with E-state index in [0.717, 1.165) is 38.5 Å². The van der Waals surface area contributed by atoms with E-state index in [1.807, 2.05) is 0 Å². The molecule has 0 bridgehead atoms. The Bertz CT molecular complexity index is 1370. The number of carbonyl (C=O) groups excluding carboxylic acids is 2. The van der Waals surface area contributed by atoms with Crippen LogP contribution in [0.15, 0.2) is 66.7 Å². The molecule has 1 saturated carbocycles. The minimum atomic E-state index is -0.604. The van der Waals surface area contributed by atoms with Crippen molar-refractivity contribution in [1.82, 2.24) is 0 Å². The molecule has 230 valence electrons. The van der Waals surface area contributed by atoms with Crippen LogP contribution in [0.2, 0.25) is 0 Å². The number of unbranched alkanes of at least 4 members (excludes halogenated alkanes) is 2. The predicted octanol–water partition coefficient (Wildman–Crippen LogP) is 8.35. The highest BCUT2D eigenvalue weighted by molar-refractivity contribution is 5.88. The third-order valence-corrected chi connectivity index (χ3v) is 9.15. The summed E-state index contributed by atoms with van der Waals surface area (Å²) in [7, 11) is 0. The SMILES string of the molecule is C=C(CO)C(=O)OCC(COC=O)CC1CCC(c2ccc3cc(-c4ccc(CCCCC)c(CC)c4)ccc3c2)CC1. The molecule has 1 unspecified atom stereocenters. The molecule has 1 fully saturated rings. The van der Waals surface area contributed by atoms with Crippen LogP contribution in [0.1, 0.15) is 87.8 Å². The molecule has 5 heteroatoms. The summed E-state index contributed by atoms with van der Waals surface area (Å²) in [6.07, 6.45) is 11.3. The van der Waals surface area contributed by atoms with Crippen molar-refractivity contribution in [2.75, 3.05) is 19.8 Å². The van der Waals surface area contributed by atoms with E-state index in [9.17, 15) is 9.59 Å². The second kappa shape index (κ2) is 16.4. The van der Waals surface area contributed by atoms with Gasteiger partial charge in [0, 0.05) is 5.92 Å². The number of aliphatic hydroxyl groups excluding tert-OH is 1. The van der Waals surface area contributed by atoms with Gasteiger partial charge in [0.15, 0.2) is 0 Å². The first-order valence-electron chi connectivity index (χ1n) is 16.1.